The van der Waals surface area contributed by atoms with Crippen molar-refractivity contribution >= 4 is 11.8 Å². The largest absolute Gasteiger partial charge is 0.474 e. The van der Waals surface area contributed by atoms with Crippen LogP contribution in [0.25, 0.3) is 0 Å². The van der Waals surface area contributed by atoms with Crippen molar-refractivity contribution in [2.45, 2.75) is 32.5 Å². The summed E-state index contributed by atoms with van der Waals surface area (Å²) in [5.74, 6) is -0.178. The smallest absolute Gasteiger partial charge is 0.339 e. The molecule has 0 radical (unpaired) electrons. The first-order valence-electron chi connectivity index (χ1n) is 5.54. The summed E-state index contributed by atoms with van der Waals surface area (Å²) >= 11 is 0. The van der Waals surface area contributed by atoms with E-state index in [9.17, 15) is 9.90 Å². The van der Waals surface area contributed by atoms with Crippen LogP contribution >= 0.6 is 0 Å². The lowest BCUT2D eigenvalue weighted by atomic mass is 10.2. The molecule has 0 aromatic carbocycles. The van der Waals surface area contributed by atoms with Crippen LogP contribution in [0, 0.1) is 0 Å². The van der Waals surface area contributed by atoms with Gasteiger partial charge in [0.05, 0.1) is 0 Å². The van der Waals surface area contributed by atoms with Crippen LogP contribution in [0.4, 0.5) is 5.82 Å². The Morgan fingerprint density at radius 2 is 2.17 bits per heavy atom. The molecular formula is C12H18N2O4. The molecule has 0 bridgehead atoms. The predicted octanol–water partition coefficient (Wildman–Crippen LogP) is 0.745. The summed E-state index contributed by atoms with van der Waals surface area (Å²) in [5.41, 5.74) is 4.82. The number of anilines is 1. The number of hydrogen-bond acceptors (Lipinski definition) is 6. The molecule has 6 heteroatoms. The number of nitrogen functional groups attached to an aromatic ring is 1. The fourth-order valence-electron chi connectivity index (χ4n) is 1.11. The second kappa shape index (κ2) is 5.68. The van der Waals surface area contributed by atoms with Gasteiger partial charge in [-0.3, -0.25) is 0 Å². The molecule has 0 saturated heterocycles. The fourth-order valence-corrected chi connectivity index (χ4v) is 1.11. The Labute approximate surface area is 106 Å². The molecule has 1 unspecified atom stereocenters. The Balaban J connectivity index is 2.46. The number of pyridine rings is 1. The zero-order valence-electron chi connectivity index (χ0n) is 10.7. The number of carbonyl (C=O) groups is 1. The molecule has 1 heterocycles. The van der Waals surface area contributed by atoms with Crippen LogP contribution in [0.1, 0.15) is 20.8 Å². The highest BCUT2D eigenvalue weighted by Gasteiger charge is 2.23. The summed E-state index contributed by atoms with van der Waals surface area (Å²) in [7, 11) is 0. The normalized spacial score (nSPS) is 12.9. The lowest BCUT2D eigenvalue weighted by Gasteiger charge is -2.21. The Hall–Kier alpha value is -1.82. The molecule has 1 aromatic rings. The van der Waals surface area contributed by atoms with E-state index in [1.54, 1.807) is 39.0 Å². The summed E-state index contributed by atoms with van der Waals surface area (Å²) in [5, 5.41) is 9.55. The van der Waals surface area contributed by atoms with E-state index in [1.807, 2.05) is 0 Å². The predicted molar refractivity (Wildman–Crippen MR) is 66.0 cm³/mol. The van der Waals surface area contributed by atoms with Gasteiger partial charge < -0.3 is 20.3 Å². The first kappa shape index (κ1) is 14.2. The van der Waals surface area contributed by atoms with E-state index in [4.69, 9.17) is 15.2 Å². The molecule has 18 heavy (non-hydrogen) atoms. The maximum Gasteiger partial charge on any atom is 0.339 e. The van der Waals surface area contributed by atoms with Gasteiger partial charge in [0, 0.05) is 6.07 Å². The zero-order valence-corrected chi connectivity index (χ0v) is 10.7. The number of esters is 1. The second-order valence-corrected chi connectivity index (χ2v) is 4.76. The minimum absolute atomic E-state index is 0.231. The van der Waals surface area contributed by atoms with E-state index in [-0.39, 0.29) is 12.5 Å². The summed E-state index contributed by atoms with van der Waals surface area (Å²) in [6.07, 6.45) is -1.35. The third kappa shape index (κ3) is 5.01. The highest BCUT2D eigenvalue weighted by Crippen LogP contribution is 2.11. The number of rotatable bonds is 4. The lowest BCUT2D eigenvalue weighted by Crippen LogP contribution is -2.35. The Bertz CT molecular complexity index is 415. The number of aromatic nitrogens is 1. The third-order valence-corrected chi connectivity index (χ3v) is 1.81. The van der Waals surface area contributed by atoms with Crippen LogP contribution in [0.3, 0.4) is 0 Å². The van der Waals surface area contributed by atoms with Crippen LogP contribution in [0.15, 0.2) is 18.2 Å². The molecule has 0 fully saturated rings. The van der Waals surface area contributed by atoms with Crippen molar-refractivity contribution in [3.8, 4) is 5.88 Å². The first-order chi connectivity index (χ1) is 8.28. The van der Waals surface area contributed by atoms with Crippen LogP contribution in [-0.2, 0) is 9.53 Å². The molecule has 0 aliphatic heterocycles. The molecule has 6 nitrogen and oxygen atoms in total. The fraction of sp³-hybridized carbons (Fsp3) is 0.500. The molecule has 0 saturated carbocycles. The van der Waals surface area contributed by atoms with Crippen LogP contribution in [-0.4, -0.2) is 34.4 Å². The first-order valence-corrected chi connectivity index (χ1v) is 5.54. The van der Waals surface area contributed by atoms with Gasteiger partial charge in [0.15, 0.2) is 6.10 Å². The molecular weight excluding hydrogens is 236 g/mol. The van der Waals surface area contributed by atoms with Crippen molar-refractivity contribution in [2.75, 3.05) is 12.3 Å². The van der Waals surface area contributed by atoms with Gasteiger partial charge in [-0.25, -0.2) is 4.79 Å². The maximum atomic E-state index is 11.4. The van der Waals surface area contributed by atoms with Gasteiger partial charge >= 0.3 is 5.97 Å². The molecule has 0 spiro atoms. The van der Waals surface area contributed by atoms with Crippen molar-refractivity contribution in [2.24, 2.45) is 0 Å². The Morgan fingerprint density at radius 1 is 1.50 bits per heavy atom. The molecule has 0 aliphatic carbocycles. The summed E-state index contributed by atoms with van der Waals surface area (Å²) < 4.78 is 10.1. The number of aliphatic hydroxyl groups is 1. The minimum Gasteiger partial charge on any atom is -0.474 e. The van der Waals surface area contributed by atoms with Gasteiger partial charge in [0.2, 0.25) is 5.88 Å². The zero-order chi connectivity index (χ0) is 13.8. The summed E-state index contributed by atoms with van der Waals surface area (Å²) in [6.45, 7) is 4.93. The molecule has 1 atom stereocenters. The third-order valence-electron chi connectivity index (χ3n) is 1.81. The van der Waals surface area contributed by atoms with Gasteiger partial charge in [-0.05, 0) is 26.8 Å². The molecule has 1 rings (SSSR count). The minimum atomic E-state index is -1.35. The molecule has 0 amide bonds. The number of aliphatic hydroxyl groups excluding tert-OH is 1. The van der Waals surface area contributed by atoms with Crippen LogP contribution in [0.5, 0.6) is 5.88 Å². The second-order valence-electron chi connectivity index (χ2n) is 4.76. The maximum absolute atomic E-state index is 11.4. The van der Waals surface area contributed by atoms with E-state index in [1.165, 1.54) is 0 Å². The Kier molecular flexibility index (Phi) is 4.49. The van der Waals surface area contributed by atoms with Gasteiger partial charge in [-0.15, -0.1) is 0 Å². The average molecular weight is 254 g/mol. The SMILES string of the molecule is CC(C)(C)OC(=O)C(O)COc1cccc(N)n1. The summed E-state index contributed by atoms with van der Waals surface area (Å²) in [4.78, 5) is 15.3. The van der Waals surface area contributed by atoms with E-state index < -0.39 is 17.7 Å². The van der Waals surface area contributed by atoms with Gasteiger partial charge in [0.25, 0.3) is 0 Å². The van der Waals surface area contributed by atoms with E-state index >= 15 is 0 Å². The molecule has 0 aliphatic rings. The molecule has 1 aromatic heterocycles. The van der Waals surface area contributed by atoms with E-state index in [0.717, 1.165) is 0 Å². The van der Waals surface area contributed by atoms with Gasteiger partial charge in [0.1, 0.15) is 18.0 Å². The Morgan fingerprint density at radius 3 is 2.72 bits per heavy atom. The number of nitrogens with zero attached hydrogens (tertiary/aromatic N) is 1. The van der Waals surface area contributed by atoms with E-state index in [2.05, 4.69) is 4.98 Å². The monoisotopic (exact) mass is 254 g/mol. The van der Waals surface area contributed by atoms with Crippen LogP contribution in [0.2, 0.25) is 0 Å². The summed E-state index contributed by atoms with van der Waals surface area (Å²) in [6, 6.07) is 4.85. The molecule has 3 N–H and O–H groups in total. The lowest BCUT2D eigenvalue weighted by molar-refractivity contribution is -0.166. The van der Waals surface area contributed by atoms with Crippen molar-refractivity contribution in [3.63, 3.8) is 0 Å². The topological polar surface area (TPSA) is 94.7 Å². The average Bonchev–Trinajstić information content (AvgIpc) is 2.23. The quantitative estimate of drug-likeness (QED) is 0.770. The van der Waals surface area contributed by atoms with Crippen LogP contribution < -0.4 is 10.5 Å². The van der Waals surface area contributed by atoms with Crippen molar-refractivity contribution in [1.29, 1.82) is 0 Å². The number of ether oxygens (including phenoxy) is 2. The van der Waals surface area contributed by atoms with Gasteiger partial charge in [-0.1, -0.05) is 6.07 Å². The van der Waals surface area contributed by atoms with Crippen molar-refractivity contribution in [1.82, 2.24) is 4.98 Å². The highest BCUT2D eigenvalue weighted by atomic mass is 16.6. The van der Waals surface area contributed by atoms with E-state index in [0.29, 0.717) is 5.82 Å². The highest BCUT2D eigenvalue weighted by molar-refractivity contribution is 5.74. The standard InChI is InChI=1S/C12H18N2O4/c1-12(2,3)18-11(16)8(15)7-17-10-6-4-5-9(13)14-10/h4-6,8,15H,7H2,1-3H3,(H2,13,14). The number of carbonyl (C=O) groups excluding carboxylic acids is 1. The molecule has 100 valence electrons. The number of hydrogen-bond donors (Lipinski definition) is 2. The van der Waals surface area contributed by atoms with Gasteiger partial charge in [-0.2, -0.15) is 4.98 Å². The number of nitrogens with two attached hydrogens (primary N) is 1. The van der Waals surface area contributed by atoms with Crippen molar-refractivity contribution in [3.05, 3.63) is 18.2 Å². The van der Waals surface area contributed by atoms with Crippen molar-refractivity contribution < 1.29 is 19.4 Å².